The Morgan fingerprint density at radius 2 is 1.86 bits per heavy atom. The summed E-state index contributed by atoms with van der Waals surface area (Å²) >= 11 is 1.54. The maximum atomic E-state index is 5.56. The molecule has 1 aliphatic carbocycles. The Hall–Kier alpha value is -0.640. The molecule has 1 heterocycles. The average Bonchev–Trinajstić information content (AvgIpc) is 2.43. The lowest BCUT2D eigenvalue weighted by molar-refractivity contribution is 0.456. The lowest BCUT2D eigenvalue weighted by Gasteiger charge is -2.10. The van der Waals surface area contributed by atoms with Crippen molar-refractivity contribution in [3.05, 3.63) is 5.01 Å². The zero-order valence-corrected chi connectivity index (χ0v) is 9.22. The van der Waals surface area contributed by atoms with Crippen LogP contribution in [0.4, 0.5) is 5.13 Å². The molecule has 4 heteroatoms. The van der Waals surface area contributed by atoms with Gasteiger partial charge < -0.3 is 5.73 Å². The van der Waals surface area contributed by atoms with Crippen molar-refractivity contribution in [2.24, 2.45) is 5.92 Å². The molecular weight excluding hydrogens is 194 g/mol. The van der Waals surface area contributed by atoms with Crippen molar-refractivity contribution in [3.63, 3.8) is 0 Å². The first-order valence-corrected chi connectivity index (χ1v) is 6.24. The SMILES string of the molecule is Nc1nnc(CC2CCCCCC2)s1. The molecule has 2 N–H and O–H groups in total. The second kappa shape index (κ2) is 4.73. The Balaban J connectivity index is 1.89. The minimum atomic E-state index is 0.605. The number of aromatic nitrogens is 2. The van der Waals surface area contributed by atoms with Crippen LogP contribution in [0.15, 0.2) is 0 Å². The van der Waals surface area contributed by atoms with Gasteiger partial charge in [-0.2, -0.15) is 0 Å². The highest BCUT2D eigenvalue weighted by Gasteiger charge is 2.14. The Morgan fingerprint density at radius 3 is 2.43 bits per heavy atom. The van der Waals surface area contributed by atoms with Gasteiger partial charge in [-0.25, -0.2) is 0 Å². The molecule has 0 radical (unpaired) electrons. The molecule has 1 aliphatic rings. The number of nitrogens with zero attached hydrogens (tertiary/aromatic N) is 2. The first-order valence-electron chi connectivity index (χ1n) is 5.42. The van der Waals surface area contributed by atoms with Crippen LogP contribution in [0, 0.1) is 5.92 Å². The number of hydrogen-bond donors (Lipinski definition) is 1. The number of hydrogen-bond acceptors (Lipinski definition) is 4. The zero-order chi connectivity index (χ0) is 9.80. The Labute approximate surface area is 88.7 Å². The predicted molar refractivity (Wildman–Crippen MR) is 59.2 cm³/mol. The second-order valence-electron chi connectivity index (χ2n) is 4.10. The van der Waals surface area contributed by atoms with E-state index in [4.69, 9.17) is 5.73 Å². The van der Waals surface area contributed by atoms with Gasteiger partial charge in [0.05, 0.1) is 0 Å². The maximum Gasteiger partial charge on any atom is 0.203 e. The van der Waals surface area contributed by atoms with Crippen LogP contribution in [0.1, 0.15) is 43.5 Å². The monoisotopic (exact) mass is 211 g/mol. The third kappa shape index (κ3) is 2.67. The molecule has 0 atom stereocenters. The summed E-state index contributed by atoms with van der Waals surface area (Å²) in [7, 11) is 0. The van der Waals surface area contributed by atoms with Gasteiger partial charge >= 0.3 is 0 Å². The van der Waals surface area contributed by atoms with E-state index in [1.54, 1.807) is 11.3 Å². The highest BCUT2D eigenvalue weighted by Crippen LogP contribution is 2.27. The van der Waals surface area contributed by atoms with E-state index in [9.17, 15) is 0 Å². The smallest absolute Gasteiger partial charge is 0.203 e. The highest BCUT2D eigenvalue weighted by molar-refractivity contribution is 7.15. The third-order valence-electron chi connectivity index (χ3n) is 2.92. The molecule has 14 heavy (non-hydrogen) atoms. The van der Waals surface area contributed by atoms with Gasteiger partial charge in [0.2, 0.25) is 5.13 Å². The molecule has 0 aromatic carbocycles. The molecule has 0 aliphatic heterocycles. The standard InChI is InChI=1S/C10H17N3S/c11-10-13-12-9(14-10)7-8-5-3-1-2-4-6-8/h8H,1-7H2,(H2,11,13). The fourth-order valence-electron chi connectivity index (χ4n) is 2.16. The number of anilines is 1. The van der Waals surface area contributed by atoms with Crippen molar-refractivity contribution < 1.29 is 0 Å². The summed E-state index contributed by atoms with van der Waals surface area (Å²) in [5.74, 6) is 0.824. The molecule has 78 valence electrons. The van der Waals surface area contributed by atoms with E-state index in [2.05, 4.69) is 10.2 Å². The van der Waals surface area contributed by atoms with Crippen LogP contribution in [0.5, 0.6) is 0 Å². The molecule has 2 rings (SSSR count). The Morgan fingerprint density at radius 1 is 1.14 bits per heavy atom. The molecule has 1 aromatic rings. The molecule has 1 saturated carbocycles. The molecule has 1 fully saturated rings. The fraction of sp³-hybridized carbons (Fsp3) is 0.800. The normalized spacial score (nSPS) is 19.4. The van der Waals surface area contributed by atoms with Gasteiger partial charge in [-0.1, -0.05) is 49.9 Å². The molecule has 0 amide bonds. The van der Waals surface area contributed by atoms with E-state index >= 15 is 0 Å². The summed E-state index contributed by atoms with van der Waals surface area (Å²) in [5, 5.41) is 9.66. The van der Waals surface area contributed by atoms with E-state index < -0.39 is 0 Å². The summed E-state index contributed by atoms with van der Waals surface area (Å²) in [6.45, 7) is 0. The van der Waals surface area contributed by atoms with Crippen molar-refractivity contribution in [1.82, 2.24) is 10.2 Å². The van der Waals surface area contributed by atoms with Gasteiger partial charge in [-0.15, -0.1) is 10.2 Å². The first kappa shape index (κ1) is 9.90. The van der Waals surface area contributed by atoms with Gasteiger partial charge in [-0.3, -0.25) is 0 Å². The molecule has 0 saturated heterocycles. The van der Waals surface area contributed by atoms with E-state index in [-0.39, 0.29) is 0 Å². The van der Waals surface area contributed by atoms with Gasteiger partial charge in [0.15, 0.2) is 0 Å². The minimum absolute atomic E-state index is 0.605. The van der Waals surface area contributed by atoms with Crippen LogP contribution in [0.2, 0.25) is 0 Å². The molecular formula is C10H17N3S. The number of nitrogens with two attached hydrogens (primary N) is 1. The number of nitrogen functional groups attached to an aromatic ring is 1. The zero-order valence-electron chi connectivity index (χ0n) is 8.41. The summed E-state index contributed by atoms with van der Waals surface area (Å²) < 4.78 is 0. The van der Waals surface area contributed by atoms with Crippen molar-refractivity contribution >= 4 is 16.5 Å². The van der Waals surface area contributed by atoms with Crippen molar-refractivity contribution in [1.29, 1.82) is 0 Å². The van der Waals surface area contributed by atoms with E-state index in [0.717, 1.165) is 17.3 Å². The topological polar surface area (TPSA) is 51.8 Å². The largest absolute Gasteiger partial charge is 0.374 e. The quantitative estimate of drug-likeness (QED) is 0.765. The fourth-order valence-corrected chi connectivity index (χ4v) is 2.89. The lowest BCUT2D eigenvalue weighted by Crippen LogP contribution is -2.02. The van der Waals surface area contributed by atoms with Gasteiger partial charge in [-0.05, 0) is 5.92 Å². The first-order chi connectivity index (χ1) is 6.84. The van der Waals surface area contributed by atoms with Crippen LogP contribution in [-0.4, -0.2) is 10.2 Å². The molecule has 0 bridgehead atoms. The summed E-state index contributed by atoms with van der Waals surface area (Å²) in [6, 6.07) is 0. The summed E-state index contributed by atoms with van der Waals surface area (Å²) in [4.78, 5) is 0. The predicted octanol–water partition coefficient (Wildman–Crippen LogP) is 2.63. The third-order valence-corrected chi connectivity index (χ3v) is 3.70. The van der Waals surface area contributed by atoms with Gasteiger partial charge in [0.25, 0.3) is 0 Å². The van der Waals surface area contributed by atoms with E-state index in [1.807, 2.05) is 0 Å². The summed E-state index contributed by atoms with van der Waals surface area (Å²) in [5.41, 5.74) is 5.56. The molecule has 3 nitrogen and oxygen atoms in total. The minimum Gasteiger partial charge on any atom is -0.374 e. The van der Waals surface area contributed by atoms with Crippen molar-refractivity contribution in [3.8, 4) is 0 Å². The Bertz CT molecular complexity index is 277. The van der Waals surface area contributed by atoms with Crippen molar-refractivity contribution in [2.45, 2.75) is 44.9 Å². The average molecular weight is 211 g/mol. The lowest BCUT2D eigenvalue weighted by atomic mass is 9.97. The van der Waals surface area contributed by atoms with Crippen LogP contribution in [0.25, 0.3) is 0 Å². The van der Waals surface area contributed by atoms with Crippen LogP contribution in [0.3, 0.4) is 0 Å². The molecule has 0 spiro atoms. The highest BCUT2D eigenvalue weighted by atomic mass is 32.1. The van der Waals surface area contributed by atoms with Crippen LogP contribution in [-0.2, 0) is 6.42 Å². The summed E-state index contributed by atoms with van der Waals surface area (Å²) in [6.07, 6.45) is 9.41. The van der Waals surface area contributed by atoms with Crippen LogP contribution >= 0.6 is 11.3 Å². The second-order valence-corrected chi connectivity index (χ2v) is 5.19. The molecule has 0 unspecified atom stereocenters. The van der Waals surface area contributed by atoms with Crippen molar-refractivity contribution in [2.75, 3.05) is 5.73 Å². The maximum absolute atomic E-state index is 5.56. The number of rotatable bonds is 2. The van der Waals surface area contributed by atoms with Gasteiger partial charge in [0.1, 0.15) is 5.01 Å². The van der Waals surface area contributed by atoms with E-state index in [0.29, 0.717) is 5.13 Å². The van der Waals surface area contributed by atoms with Crippen LogP contribution < -0.4 is 5.73 Å². The molecule has 1 aromatic heterocycles. The van der Waals surface area contributed by atoms with Gasteiger partial charge in [0, 0.05) is 6.42 Å². The Kier molecular flexibility index (Phi) is 3.35. The van der Waals surface area contributed by atoms with E-state index in [1.165, 1.54) is 38.5 Å².